The molecule has 1 atom stereocenters. The first-order valence-electron chi connectivity index (χ1n) is 3.90. The van der Waals surface area contributed by atoms with Crippen molar-refractivity contribution in [2.45, 2.75) is 29.4 Å². The van der Waals surface area contributed by atoms with Gasteiger partial charge in [-0.05, 0) is 18.2 Å². The quantitative estimate of drug-likeness (QED) is 0.473. The predicted molar refractivity (Wildman–Crippen MR) is 63.8 cm³/mol. The van der Waals surface area contributed by atoms with E-state index in [0.29, 0.717) is 6.42 Å². The summed E-state index contributed by atoms with van der Waals surface area (Å²) in [7, 11) is 0. The van der Waals surface area contributed by atoms with Crippen LogP contribution in [0, 0.1) is 0 Å². The van der Waals surface area contributed by atoms with E-state index in [2.05, 4.69) is 16.5 Å². The third-order valence-corrected chi connectivity index (χ3v) is 4.01. The van der Waals surface area contributed by atoms with Gasteiger partial charge < -0.3 is 14.5 Å². The van der Waals surface area contributed by atoms with Crippen molar-refractivity contribution in [3.05, 3.63) is 0 Å². The molecule has 1 unspecified atom stereocenters. The standard InChI is InChI=1S/C6H10Cl3O4PS/c1-2-3-4(10)13-5(6(7,8)9)14(11,12)15/h5H,2-3H2,1H3,(H2,11,12,15). The lowest BCUT2D eigenvalue weighted by atomic mass is 10.3. The Bertz CT molecular complexity index is 274. The van der Waals surface area contributed by atoms with Crippen molar-refractivity contribution in [3.63, 3.8) is 0 Å². The van der Waals surface area contributed by atoms with Crippen LogP contribution in [0.1, 0.15) is 19.8 Å². The molecule has 9 heteroatoms. The van der Waals surface area contributed by atoms with E-state index in [0.717, 1.165) is 0 Å². The Morgan fingerprint density at radius 1 is 1.53 bits per heavy atom. The molecule has 0 amide bonds. The van der Waals surface area contributed by atoms with Gasteiger partial charge >= 0.3 is 5.97 Å². The third-order valence-electron chi connectivity index (χ3n) is 1.28. The van der Waals surface area contributed by atoms with Crippen molar-refractivity contribution in [3.8, 4) is 0 Å². The SMILES string of the molecule is CCCC(=O)OC(C(Cl)(Cl)Cl)P(O)(O)=S. The smallest absolute Gasteiger partial charge is 0.306 e. The maximum atomic E-state index is 11.1. The molecule has 0 saturated heterocycles. The Hall–Kier alpha value is 0.910. The van der Waals surface area contributed by atoms with Crippen LogP contribution in [0.25, 0.3) is 0 Å². The molecule has 0 rings (SSSR count). The minimum absolute atomic E-state index is 0.0899. The highest BCUT2D eigenvalue weighted by Gasteiger charge is 2.45. The average molecular weight is 316 g/mol. The minimum atomic E-state index is -3.98. The summed E-state index contributed by atoms with van der Waals surface area (Å²) in [5.74, 6) is -2.39. The first-order valence-corrected chi connectivity index (χ1v) is 7.81. The topological polar surface area (TPSA) is 66.8 Å². The Balaban J connectivity index is 4.70. The van der Waals surface area contributed by atoms with Gasteiger partial charge in [-0.2, -0.15) is 0 Å². The third kappa shape index (κ3) is 6.27. The van der Waals surface area contributed by atoms with Crippen molar-refractivity contribution in [2.75, 3.05) is 0 Å². The van der Waals surface area contributed by atoms with Crippen LogP contribution in [0.2, 0.25) is 0 Å². The monoisotopic (exact) mass is 314 g/mol. The Morgan fingerprint density at radius 2 is 2.00 bits per heavy atom. The van der Waals surface area contributed by atoms with Gasteiger partial charge in [0.25, 0.3) is 0 Å². The Kier molecular flexibility index (Phi) is 6.37. The lowest BCUT2D eigenvalue weighted by Crippen LogP contribution is -2.31. The maximum absolute atomic E-state index is 11.1. The number of alkyl halides is 3. The number of ether oxygens (including phenoxy) is 1. The summed E-state index contributed by atoms with van der Waals surface area (Å²) in [6.07, 6.45) is 0.623. The summed E-state index contributed by atoms with van der Waals surface area (Å²) in [5.41, 5.74) is 0. The molecule has 0 aromatic carbocycles. The molecule has 2 N–H and O–H groups in total. The predicted octanol–water partition coefficient (Wildman–Crippen LogP) is 2.32. The number of carbonyl (C=O) groups excluding carboxylic acids is 1. The Labute approximate surface area is 108 Å². The highest BCUT2D eigenvalue weighted by molar-refractivity contribution is 8.09. The second-order valence-corrected chi connectivity index (χ2v) is 8.35. The fourth-order valence-corrected chi connectivity index (χ4v) is 3.83. The van der Waals surface area contributed by atoms with Crippen LogP contribution in [0.15, 0.2) is 0 Å². The first-order chi connectivity index (χ1) is 6.59. The van der Waals surface area contributed by atoms with Gasteiger partial charge in [0.15, 0.2) is 0 Å². The van der Waals surface area contributed by atoms with Crippen molar-refractivity contribution < 1.29 is 19.3 Å². The van der Waals surface area contributed by atoms with E-state index in [-0.39, 0.29) is 6.42 Å². The first kappa shape index (κ1) is 15.9. The number of halogens is 3. The maximum Gasteiger partial charge on any atom is 0.306 e. The molecule has 0 saturated carbocycles. The molecular formula is C6H10Cl3O4PS. The van der Waals surface area contributed by atoms with E-state index in [9.17, 15) is 14.6 Å². The van der Waals surface area contributed by atoms with Crippen LogP contribution in [0.5, 0.6) is 0 Å². The van der Waals surface area contributed by atoms with Crippen LogP contribution in [-0.4, -0.2) is 25.4 Å². The summed E-state index contributed by atoms with van der Waals surface area (Å²) >= 11 is 20.6. The molecule has 0 heterocycles. The molecule has 0 fully saturated rings. The van der Waals surface area contributed by atoms with Crippen molar-refractivity contribution in [1.82, 2.24) is 0 Å². The normalized spacial score (nSPS) is 14.8. The molecule has 0 spiro atoms. The zero-order chi connectivity index (χ0) is 12.3. The molecule has 0 aromatic heterocycles. The number of carbonyl (C=O) groups is 1. The van der Waals surface area contributed by atoms with E-state index >= 15 is 0 Å². The molecule has 15 heavy (non-hydrogen) atoms. The van der Waals surface area contributed by atoms with Gasteiger partial charge in [0, 0.05) is 6.42 Å². The lowest BCUT2D eigenvalue weighted by molar-refractivity contribution is -0.145. The fourth-order valence-electron chi connectivity index (χ4n) is 0.714. The summed E-state index contributed by atoms with van der Waals surface area (Å²) < 4.78 is 2.48. The van der Waals surface area contributed by atoms with Crippen LogP contribution >= 0.6 is 41.3 Å². The van der Waals surface area contributed by atoms with Crippen molar-refractivity contribution >= 4 is 59.1 Å². The minimum Gasteiger partial charge on any atom is -0.447 e. The lowest BCUT2D eigenvalue weighted by Gasteiger charge is -2.27. The number of rotatable bonds is 4. The molecule has 0 aliphatic heterocycles. The van der Waals surface area contributed by atoms with Gasteiger partial charge in [0.2, 0.25) is 16.1 Å². The zero-order valence-corrected chi connectivity index (χ0v) is 11.7. The second-order valence-electron chi connectivity index (χ2n) is 2.72. The molecule has 0 radical (unpaired) electrons. The van der Waals surface area contributed by atoms with Gasteiger partial charge in [-0.3, -0.25) is 4.79 Å². The summed E-state index contributed by atoms with van der Waals surface area (Å²) in [6.45, 7) is -2.23. The summed E-state index contributed by atoms with van der Waals surface area (Å²) in [4.78, 5) is 29.5. The van der Waals surface area contributed by atoms with Gasteiger partial charge in [-0.1, -0.05) is 41.7 Å². The molecule has 0 aliphatic rings. The van der Waals surface area contributed by atoms with E-state index in [4.69, 9.17) is 34.8 Å². The molecule has 90 valence electrons. The number of hydrogen-bond acceptors (Lipinski definition) is 3. The van der Waals surface area contributed by atoms with Gasteiger partial charge in [0.05, 0.1) is 0 Å². The second kappa shape index (κ2) is 6.01. The van der Waals surface area contributed by atoms with Gasteiger partial charge in [0.1, 0.15) is 0 Å². The van der Waals surface area contributed by atoms with Crippen LogP contribution in [-0.2, 0) is 21.3 Å². The van der Waals surface area contributed by atoms with Gasteiger partial charge in [-0.15, -0.1) is 0 Å². The fraction of sp³-hybridized carbons (Fsp3) is 0.833. The van der Waals surface area contributed by atoms with Crippen molar-refractivity contribution in [2.24, 2.45) is 0 Å². The largest absolute Gasteiger partial charge is 0.447 e. The van der Waals surface area contributed by atoms with Crippen LogP contribution < -0.4 is 0 Å². The average Bonchev–Trinajstić information content (AvgIpc) is 1.96. The highest BCUT2D eigenvalue weighted by Crippen LogP contribution is 2.53. The van der Waals surface area contributed by atoms with Crippen molar-refractivity contribution in [1.29, 1.82) is 0 Å². The zero-order valence-electron chi connectivity index (χ0n) is 7.69. The molecule has 4 nitrogen and oxygen atoms in total. The number of hydrogen-bond donors (Lipinski definition) is 2. The Morgan fingerprint density at radius 3 is 2.27 bits per heavy atom. The molecule has 0 aliphatic carbocycles. The van der Waals surface area contributed by atoms with Gasteiger partial charge in [-0.25, -0.2) is 0 Å². The van der Waals surface area contributed by atoms with E-state index in [1.807, 2.05) is 0 Å². The van der Waals surface area contributed by atoms with Crippen LogP contribution in [0.4, 0.5) is 0 Å². The number of esters is 1. The van der Waals surface area contributed by atoms with E-state index in [1.165, 1.54) is 0 Å². The van der Waals surface area contributed by atoms with E-state index < -0.39 is 22.1 Å². The molecule has 0 bridgehead atoms. The molecular weight excluding hydrogens is 305 g/mol. The van der Waals surface area contributed by atoms with Crippen LogP contribution in [0.3, 0.4) is 0 Å². The molecule has 0 aromatic rings. The van der Waals surface area contributed by atoms with E-state index in [1.54, 1.807) is 6.92 Å². The highest BCUT2D eigenvalue weighted by atomic mass is 35.6. The summed E-state index contributed by atoms with van der Waals surface area (Å²) in [6, 6.07) is 0. The summed E-state index contributed by atoms with van der Waals surface area (Å²) in [5, 5.41) is 0.